The van der Waals surface area contributed by atoms with Crippen LogP contribution in [0.3, 0.4) is 0 Å². The molecular weight excluding hydrogens is 350 g/mol. The maximum Gasteiger partial charge on any atom is 0.261 e. The molecule has 2 aromatic heterocycles. The first-order valence-electron chi connectivity index (χ1n) is 9.19. The van der Waals surface area contributed by atoms with E-state index < -0.39 is 0 Å². The highest BCUT2D eigenvalue weighted by molar-refractivity contribution is 5.97. The van der Waals surface area contributed by atoms with E-state index in [1.165, 1.54) is 16.5 Å². The molecule has 0 atom stereocenters. The van der Waals surface area contributed by atoms with Crippen LogP contribution >= 0.6 is 0 Å². The molecule has 140 valence electrons. The van der Waals surface area contributed by atoms with Gasteiger partial charge in [0, 0.05) is 22.6 Å². The van der Waals surface area contributed by atoms with Gasteiger partial charge in [-0.2, -0.15) is 0 Å². The second kappa shape index (κ2) is 6.93. The molecule has 0 saturated heterocycles. The Kier molecular flexibility index (Phi) is 4.43. The number of Topliss-reactive ketones (excluding diaryl/α,β-unsaturated/α-hetero) is 1. The van der Waals surface area contributed by atoms with Gasteiger partial charge in [0.1, 0.15) is 0 Å². The normalized spacial score (nSPS) is 11.1. The summed E-state index contributed by atoms with van der Waals surface area (Å²) in [5.41, 5.74) is 5.11. The fourth-order valence-corrected chi connectivity index (χ4v) is 3.59. The van der Waals surface area contributed by atoms with Crippen molar-refractivity contribution in [1.29, 1.82) is 0 Å². The van der Waals surface area contributed by atoms with Crippen LogP contribution in [0.1, 0.15) is 27.3 Å². The number of rotatable bonds is 4. The zero-order valence-electron chi connectivity index (χ0n) is 16.1. The molecule has 0 spiro atoms. The number of hydrogen-bond acceptors (Lipinski definition) is 3. The van der Waals surface area contributed by atoms with Gasteiger partial charge in [-0.25, -0.2) is 4.98 Å². The Balaban J connectivity index is 1.70. The number of para-hydroxylation sites is 1. The molecule has 0 bridgehead atoms. The molecule has 0 fully saturated rings. The van der Waals surface area contributed by atoms with Crippen LogP contribution in [-0.2, 0) is 6.54 Å². The summed E-state index contributed by atoms with van der Waals surface area (Å²) >= 11 is 0. The lowest BCUT2D eigenvalue weighted by Crippen LogP contribution is -2.24. The predicted octanol–water partition coefficient (Wildman–Crippen LogP) is 4.00. The van der Waals surface area contributed by atoms with Gasteiger partial charge in [-0.05, 0) is 51.1 Å². The van der Waals surface area contributed by atoms with Gasteiger partial charge in [0.15, 0.2) is 5.78 Å². The van der Waals surface area contributed by atoms with Crippen LogP contribution in [0.4, 0.5) is 0 Å². The first-order chi connectivity index (χ1) is 13.5. The Hall–Kier alpha value is -3.47. The van der Waals surface area contributed by atoms with Crippen molar-refractivity contribution in [2.24, 2.45) is 0 Å². The summed E-state index contributed by atoms with van der Waals surface area (Å²) in [5.74, 6) is -0.106. The van der Waals surface area contributed by atoms with E-state index in [2.05, 4.69) is 21.7 Å². The van der Waals surface area contributed by atoms with Crippen LogP contribution in [0, 0.1) is 20.8 Å². The summed E-state index contributed by atoms with van der Waals surface area (Å²) in [6, 6.07) is 17.2. The second-order valence-corrected chi connectivity index (χ2v) is 7.07. The molecule has 0 aliphatic carbocycles. The number of ketones is 1. The molecule has 0 radical (unpaired) electrons. The highest BCUT2D eigenvalue weighted by atomic mass is 16.1. The summed E-state index contributed by atoms with van der Waals surface area (Å²) in [6.45, 7) is 5.92. The minimum atomic E-state index is -0.203. The molecule has 4 rings (SSSR count). The van der Waals surface area contributed by atoms with Crippen LogP contribution in [-0.4, -0.2) is 19.9 Å². The lowest BCUT2D eigenvalue weighted by atomic mass is 10.1. The number of carbonyl (C=O) groups is 1. The highest BCUT2D eigenvalue weighted by Gasteiger charge is 2.18. The van der Waals surface area contributed by atoms with Crippen molar-refractivity contribution in [3.05, 3.63) is 93.8 Å². The van der Waals surface area contributed by atoms with Crippen LogP contribution in [0.15, 0.2) is 65.7 Å². The molecule has 2 aromatic carbocycles. The molecule has 4 aromatic rings. The van der Waals surface area contributed by atoms with Crippen molar-refractivity contribution in [1.82, 2.24) is 14.1 Å². The molecule has 0 N–H and O–H groups in total. The zero-order chi connectivity index (χ0) is 19.8. The number of nitrogens with zero attached hydrogens (tertiary/aromatic N) is 3. The molecule has 5 heteroatoms. The number of aryl methyl sites for hydroxylation is 2. The van der Waals surface area contributed by atoms with E-state index >= 15 is 0 Å². The molecular formula is C23H21N3O2. The number of hydrogen-bond donors (Lipinski definition) is 0. The average Bonchev–Trinajstić information content (AvgIpc) is 2.99. The van der Waals surface area contributed by atoms with E-state index in [9.17, 15) is 9.59 Å². The summed E-state index contributed by atoms with van der Waals surface area (Å²) in [6.07, 6.45) is 1.45. The van der Waals surface area contributed by atoms with E-state index in [1.807, 2.05) is 45.0 Å². The third-order valence-corrected chi connectivity index (χ3v) is 5.07. The molecule has 0 unspecified atom stereocenters. The number of benzene rings is 2. The third kappa shape index (κ3) is 3.05. The van der Waals surface area contributed by atoms with Gasteiger partial charge in [0.25, 0.3) is 5.56 Å². The SMILES string of the molecule is Cc1ccc(-n2c(C)cc(C(=O)Cn3cnc4ccccc4c3=O)c2C)cc1. The smallest absolute Gasteiger partial charge is 0.261 e. The van der Waals surface area contributed by atoms with Crippen LogP contribution in [0.5, 0.6) is 0 Å². The van der Waals surface area contributed by atoms with Gasteiger partial charge in [0.2, 0.25) is 0 Å². The first kappa shape index (κ1) is 17.9. The van der Waals surface area contributed by atoms with E-state index in [0.29, 0.717) is 16.5 Å². The van der Waals surface area contributed by atoms with Gasteiger partial charge < -0.3 is 4.57 Å². The topological polar surface area (TPSA) is 56.9 Å². The van der Waals surface area contributed by atoms with Crippen LogP contribution < -0.4 is 5.56 Å². The summed E-state index contributed by atoms with van der Waals surface area (Å²) in [7, 11) is 0. The summed E-state index contributed by atoms with van der Waals surface area (Å²) < 4.78 is 3.44. The Morgan fingerprint density at radius 1 is 1.00 bits per heavy atom. The predicted molar refractivity (Wildman–Crippen MR) is 110 cm³/mol. The largest absolute Gasteiger partial charge is 0.318 e. The lowest BCUT2D eigenvalue weighted by molar-refractivity contribution is 0.0970. The Morgan fingerprint density at radius 2 is 1.71 bits per heavy atom. The maximum absolute atomic E-state index is 13.0. The van der Waals surface area contributed by atoms with Crippen LogP contribution in [0.25, 0.3) is 16.6 Å². The van der Waals surface area contributed by atoms with Crippen molar-refractivity contribution in [3.8, 4) is 5.69 Å². The highest BCUT2D eigenvalue weighted by Crippen LogP contribution is 2.22. The first-order valence-corrected chi connectivity index (χ1v) is 9.19. The fraction of sp³-hybridized carbons (Fsp3) is 0.174. The molecule has 5 nitrogen and oxygen atoms in total. The molecule has 28 heavy (non-hydrogen) atoms. The minimum absolute atomic E-state index is 0.0329. The van der Waals surface area contributed by atoms with Crippen molar-refractivity contribution >= 4 is 16.7 Å². The minimum Gasteiger partial charge on any atom is -0.318 e. The fourth-order valence-electron chi connectivity index (χ4n) is 3.59. The van der Waals surface area contributed by atoms with Crippen molar-refractivity contribution in [2.75, 3.05) is 0 Å². The Morgan fingerprint density at radius 3 is 2.46 bits per heavy atom. The van der Waals surface area contributed by atoms with E-state index in [-0.39, 0.29) is 17.9 Å². The van der Waals surface area contributed by atoms with Gasteiger partial charge in [-0.3, -0.25) is 14.2 Å². The van der Waals surface area contributed by atoms with E-state index in [1.54, 1.807) is 18.2 Å². The van der Waals surface area contributed by atoms with E-state index in [4.69, 9.17) is 0 Å². The molecule has 0 amide bonds. The molecule has 0 saturated carbocycles. The third-order valence-electron chi connectivity index (χ3n) is 5.07. The van der Waals surface area contributed by atoms with Gasteiger partial charge in [0.05, 0.1) is 23.8 Å². The van der Waals surface area contributed by atoms with Crippen LogP contribution in [0.2, 0.25) is 0 Å². The second-order valence-electron chi connectivity index (χ2n) is 7.07. The van der Waals surface area contributed by atoms with Crippen molar-refractivity contribution in [2.45, 2.75) is 27.3 Å². The van der Waals surface area contributed by atoms with E-state index in [0.717, 1.165) is 17.1 Å². The van der Waals surface area contributed by atoms with Crippen molar-refractivity contribution in [3.63, 3.8) is 0 Å². The van der Waals surface area contributed by atoms with Gasteiger partial charge in [-0.1, -0.05) is 29.8 Å². The quantitative estimate of drug-likeness (QED) is 0.510. The average molecular weight is 371 g/mol. The standard InChI is InChI=1S/C23H21N3O2/c1-15-8-10-18(11-9-15)26-16(2)12-20(17(26)3)22(27)13-25-14-24-21-7-5-4-6-19(21)23(25)28/h4-12,14H,13H2,1-3H3. The molecule has 0 aliphatic heterocycles. The van der Waals surface area contributed by atoms with Gasteiger partial charge >= 0.3 is 0 Å². The summed E-state index contributed by atoms with van der Waals surface area (Å²) in [5, 5.41) is 0.517. The maximum atomic E-state index is 13.0. The Labute approximate surface area is 162 Å². The monoisotopic (exact) mass is 371 g/mol. The lowest BCUT2D eigenvalue weighted by Gasteiger charge is -2.10. The zero-order valence-corrected chi connectivity index (χ0v) is 16.1. The van der Waals surface area contributed by atoms with Crippen molar-refractivity contribution < 1.29 is 4.79 Å². The Bertz CT molecular complexity index is 1250. The summed E-state index contributed by atoms with van der Waals surface area (Å²) in [4.78, 5) is 29.9. The number of aromatic nitrogens is 3. The van der Waals surface area contributed by atoms with Gasteiger partial charge in [-0.15, -0.1) is 0 Å². The molecule has 0 aliphatic rings. The number of fused-ring (bicyclic) bond motifs is 1. The number of carbonyl (C=O) groups excluding carboxylic acids is 1. The molecule has 2 heterocycles.